The van der Waals surface area contributed by atoms with Crippen LogP contribution in [0.4, 0.5) is 0 Å². The number of amides is 1. The highest BCUT2D eigenvalue weighted by Crippen LogP contribution is 2.28. The smallest absolute Gasteiger partial charge is 0.221 e. The van der Waals surface area contributed by atoms with Crippen molar-refractivity contribution < 1.29 is 4.79 Å². The van der Waals surface area contributed by atoms with Gasteiger partial charge in [0.2, 0.25) is 5.91 Å². The van der Waals surface area contributed by atoms with Crippen molar-refractivity contribution >= 4 is 5.91 Å². The predicted octanol–water partition coefficient (Wildman–Crippen LogP) is 3.45. The van der Waals surface area contributed by atoms with E-state index in [0.29, 0.717) is 18.9 Å². The Labute approximate surface area is 129 Å². The Morgan fingerprint density at radius 1 is 1.19 bits per heavy atom. The lowest BCUT2D eigenvalue weighted by molar-refractivity contribution is -0.123. The lowest BCUT2D eigenvalue weighted by atomic mass is 9.85. The summed E-state index contributed by atoms with van der Waals surface area (Å²) < 4.78 is 0. The molecule has 0 aromatic heterocycles. The van der Waals surface area contributed by atoms with Gasteiger partial charge < -0.3 is 11.1 Å². The molecule has 3 N–H and O–H groups in total. The molecule has 3 nitrogen and oxygen atoms in total. The third-order valence-electron chi connectivity index (χ3n) is 4.59. The van der Waals surface area contributed by atoms with Gasteiger partial charge >= 0.3 is 0 Å². The Balaban J connectivity index is 2.79. The number of hydrogen-bond donors (Lipinski definition) is 2. The molecule has 1 amide bonds. The van der Waals surface area contributed by atoms with Gasteiger partial charge in [0, 0.05) is 13.0 Å². The van der Waals surface area contributed by atoms with Crippen molar-refractivity contribution in [1.29, 1.82) is 0 Å². The maximum Gasteiger partial charge on any atom is 0.221 e. The zero-order valence-electron chi connectivity index (χ0n) is 13.9. The number of nitrogens with one attached hydrogen (secondary N) is 1. The number of rotatable bonds is 8. The molecule has 0 fully saturated rings. The van der Waals surface area contributed by atoms with Crippen molar-refractivity contribution in [2.75, 3.05) is 6.54 Å². The first-order valence-corrected chi connectivity index (χ1v) is 8.04. The van der Waals surface area contributed by atoms with Crippen molar-refractivity contribution in [2.45, 2.75) is 58.4 Å². The Morgan fingerprint density at radius 3 is 2.19 bits per heavy atom. The minimum Gasteiger partial charge on any atom is -0.349 e. The Hall–Kier alpha value is -1.35. The van der Waals surface area contributed by atoms with Gasteiger partial charge in [-0.25, -0.2) is 0 Å². The minimum absolute atomic E-state index is 0.103. The van der Waals surface area contributed by atoms with Crippen LogP contribution < -0.4 is 11.1 Å². The Kier molecular flexibility index (Phi) is 6.90. The number of hydrogen-bond acceptors (Lipinski definition) is 2. The number of carbonyl (C=O) groups excluding carboxylic acids is 1. The fourth-order valence-corrected chi connectivity index (χ4v) is 2.75. The van der Waals surface area contributed by atoms with Gasteiger partial charge in [-0.2, -0.15) is 0 Å². The molecule has 0 saturated carbocycles. The van der Waals surface area contributed by atoms with Crippen molar-refractivity contribution in [3.05, 3.63) is 35.9 Å². The Bertz CT molecular complexity index is 416. The average Bonchev–Trinajstić information content (AvgIpc) is 2.51. The zero-order chi connectivity index (χ0) is 15.9. The molecule has 3 heteroatoms. The van der Waals surface area contributed by atoms with Crippen molar-refractivity contribution in [3.8, 4) is 0 Å². The number of carbonyl (C=O) groups is 1. The van der Waals surface area contributed by atoms with E-state index in [0.717, 1.165) is 12.8 Å². The van der Waals surface area contributed by atoms with E-state index in [1.807, 2.05) is 18.2 Å². The molecule has 0 bridgehead atoms. The normalized spacial score (nSPS) is 13.2. The molecule has 0 aliphatic rings. The number of nitrogens with two attached hydrogens (primary N) is 1. The quantitative estimate of drug-likeness (QED) is 0.770. The second-order valence-electron chi connectivity index (χ2n) is 6.21. The highest BCUT2D eigenvalue weighted by atomic mass is 16.1. The van der Waals surface area contributed by atoms with Crippen LogP contribution in [0.3, 0.4) is 0 Å². The van der Waals surface area contributed by atoms with E-state index in [1.54, 1.807) is 0 Å². The molecular formula is C18H30N2O. The first-order valence-electron chi connectivity index (χ1n) is 8.04. The van der Waals surface area contributed by atoms with E-state index in [2.05, 4.69) is 45.1 Å². The second-order valence-corrected chi connectivity index (χ2v) is 6.21. The summed E-state index contributed by atoms with van der Waals surface area (Å²) in [5.41, 5.74) is 6.84. The van der Waals surface area contributed by atoms with Crippen molar-refractivity contribution in [2.24, 2.45) is 11.7 Å². The third-order valence-corrected chi connectivity index (χ3v) is 4.59. The topological polar surface area (TPSA) is 55.1 Å². The molecule has 1 unspecified atom stereocenters. The molecule has 118 valence electrons. The van der Waals surface area contributed by atoms with Crippen LogP contribution in [0.2, 0.25) is 0 Å². The van der Waals surface area contributed by atoms with Gasteiger partial charge in [-0.15, -0.1) is 0 Å². The van der Waals surface area contributed by atoms with Crippen LogP contribution >= 0.6 is 0 Å². The van der Waals surface area contributed by atoms with Crippen molar-refractivity contribution in [1.82, 2.24) is 5.32 Å². The standard InChI is InChI=1S/C18H30N2O/c1-5-18(6-2,13-19)20-17(21)12-16(14(3)4)15-10-8-7-9-11-15/h7-11,14,16H,5-6,12-13,19H2,1-4H3,(H,20,21). The molecular weight excluding hydrogens is 260 g/mol. The Morgan fingerprint density at radius 2 is 1.76 bits per heavy atom. The molecule has 0 saturated heterocycles. The SMILES string of the molecule is CCC(CC)(CN)NC(=O)CC(c1ccccc1)C(C)C. The van der Waals surface area contributed by atoms with Gasteiger partial charge in [-0.3, -0.25) is 4.79 Å². The summed E-state index contributed by atoms with van der Waals surface area (Å²) in [5.74, 6) is 0.774. The summed E-state index contributed by atoms with van der Waals surface area (Å²) in [6, 6.07) is 10.3. The maximum atomic E-state index is 12.5. The monoisotopic (exact) mass is 290 g/mol. The summed E-state index contributed by atoms with van der Waals surface area (Å²) >= 11 is 0. The van der Waals surface area contributed by atoms with E-state index < -0.39 is 0 Å². The molecule has 0 spiro atoms. The van der Waals surface area contributed by atoms with E-state index in [-0.39, 0.29) is 17.4 Å². The molecule has 0 aliphatic heterocycles. The molecule has 0 heterocycles. The van der Waals surface area contributed by atoms with Crippen LogP contribution in [-0.4, -0.2) is 18.0 Å². The third kappa shape index (κ3) is 4.85. The van der Waals surface area contributed by atoms with E-state index in [4.69, 9.17) is 5.73 Å². The van der Waals surface area contributed by atoms with Gasteiger partial charge in [0.15, 0.2) is 0 Å². The molecule has 1 atom stereocenters. The zero-order valence-corrected chi connectivity index (χ0v) is 13.9. The molecule has 1 aromatic carbocycles. The second kappa shape index (κ2) is 8.18. The molecule has 1 aromatic rings. The number of benzene rings is 1. The van der Waals surface area contributed by atoms with E-state index in [1.165, 1.54) is 5.56 Å². The molecule has 1 rings (SSSR count). The fourth-order valence-electron chi connectivity index (χ4n) is 2.75. The van der Waals surface area contributed by atoms with Crippen LogP contribution in [0.5, 0.6) is 0 Å². The fraction of sp³-hybridized carbons (Fsp3) is 0.611. The van der Waals surface area contributed by atoms with Gasteiger partial charge in [0.05, 0.1) is 5.54 Å². The maximum absolute atomic E-state index is 12.5. The summed E-state index contributed by atoms with van der Waals surface area (Å²) in [6.07, 6.45) is 2.25. The van der Waals surface area contributed by atoms with Gasteiger partial charge in [-0.05, 0) is 30.2 Å². The largest absolute Gasteiger partial charge is 0.349 e. The molecule has 0 aliphatic carbocycles. The summed E-state index contributed by atoms with van der Waals surface area (Å²) in [7, 11) is 0. The van der Waals surface area contributed by atoms with Gasteiger partial charge in [-0.1, -0.05) is 58.0 Å². The molecule has 21 heavy (non-hydrogen) atoms. The summed E-state index contributed by atoms with van der Waals surface area (Å²) in [6.45, 7) is 8.98. The highest BCUT2D eigenvalue weighted by Gasteiger charge is 2.28. The van der Waals surface area contributed by atoms with E-state index >= 15 is 0 Å². The first-order chi connectivity index (χ1) is 9.98. The van der Waals surface area contributed by atoms with Gasteiger partial charge in [0.25, 0.3) is 0 Å². The van der Waals surface area contributed by atoms with Crippen LogP contribution in [0.1, 0.15) is 58.4 Å². The minimum atomic E-state index is -0.255. The highest BCUT2D eigenvalue weighted by molar-refractivity contribution is 5.77. The first kappa shape index (κ1) is 17.7. The van der Waals surface area contributed by atoms with Gasteiger partial charge in [0.1, 0.15) is 0 Å². The van der Waals surface area contributed by atoms with E-state index in [9.17, 15) is 4.79 Å². The van der Waals surface area contributed by atoms with Crippen molar-refractivity contribution in [3.63, 3.8) is 0 Å². The lowest BCUT2D eigenvalue weighted by Gasteiger charge is -2.32. The van der Waals surface area contributed by atoms with Crippen LogP contribution in [0.15, 0.2) is 30.3 Å². The lowest BCUT2D eigenvalue weighted by Crippen LogP contribution is -2.53. The van der Waals surface area contributed by atoms with Crippen LogP contribution in [-0.2, 0) is 4.79 Å². The summed E-state index contributed by atoms with van der Waals surface area (Å²) in [5, 5.41) is 3.17. The predicted molar refractivity (Wildman–Crippen MR) is 89.1 cm³/mol. The average molecular weight is 290 g/mol. The summed E-state index contributed by atoms with van der Waals surface area (Å²) in [4.78, 5) is 12.5. The van der Waals surface area contributed by atoms with Crippen LogP contribution in [0.25, 0.3) is 0 Å². The van der Waals surface area contributed by atoms with Crippen LogP contribution in [0, 0.1) is 5.92 Å². The molecule has 0 radical (unpaired) electrons.